The lowest BCUT2D eigenvalue weighted by Gasteiger charge is -2.38. The zero-order chi connectivity index (χ0) is 26.6. The molecule has 7 nitrogen and oxygen atoms in total. The minimum atomic E-state index is -1.19. The second-order valence-electron chi connectivity index (χ2n) is 11.1. The van der Waals surface area contributed by atoms with Gasteiger partial charge in [0.2, 0.25) is 0 Å². The van der Waals surface area contributed by atoms with Crippen LogP contribution >= 0.6 is 11.6 Å². The average Bonchev–Trinajstić information content (AvgIpc) is 3.25. The monoisotopic (exact) mass is 546 g/mol. The van der Waals surface area contributed by atoms with Crippen LogP contribution in [0.5, 0.6) is 0 Å². The maximum absolute atomic E-state index is 13.6. The molecule has 1 atom stereocenters. The summed E-state index contributed by atoms with van der Waals surface area (Å²) in [6, 6.07) is 11.1. The Morgan fingerprint density at radius 3 is 2.59 bits per heavy atom. The van der Waals surface area contributed by atoms with Crippen LogP contribution in [-0.2, 0) is 26.4 Å². The highest BCUT2D eigenvalue weighted by molar-refractivity contribution is 6.76. The third kappa shape index (κ3) is 6.97. The highest BCUT2D eigenvalue weighted by Gasteiger charge is 2.36. The van der Waals surface area contributed by atoms with Crippen molar-refractivity contribution in [2.24, 2.45) is 5.73 Å². The summed E-state index contributed by atoms with van der Waals surface area (Å²) in [4.78, 5) is 12.7. The van der Waals surface area contributed by atoms with E-state index in [9.17, 15) is 9.18 Å². The number of carbonyl (C=O) groups is 1. The van der Waals surface area contributed by atoms with Gasteiger partial charge in [-0.25, -0.2) is 9.07 Å². The molecule has 2 heterocycles. The molecule has 1 amide bonds. The van der Waals surface area contributed by atoms with Crippen molar-refractivity contribution in [1.29, 1.82) is 0 Å². The molecule has 1 aliphatic heterocycles. The van der Waals surface area contributed by atoms with Gasteiger partial charge in [0.1, 0.15) is 12.5 Å². The van der Waals surface area contributed by atoms with Crippen LogP contribution in [-0.4, -0.2) is 50.1 Å². The highest BCUT2D eigenvalue weighted by Crippen LogP contribution is 2.37. The van der Waals surface area contributed by atoms with Crippen LogP contribution in [0.4, 0.5) is 4.39 Å². The van der Waals surface area contributed by atoms with E-state index in [1.165, 1.54) is 12.1 Å². The predicted octanol–water partition coefficient (Wildman–Crippen LogP) is 5.01. The maximum Gasteiger partial charge on any atom is 0.251 e. The van der Waals surface area contributed by atoms with Crippen LogP contribution in [0, 0.1) is 5.82 Å². The van der Waals surface area contributed by atoms with Crippen molar-refractivity contribution >= 4 is 36.5 Å². The lowest BCUT2D eigenvalue weighted by molar-refractivity contribution is -0.131. The van der Waals surface area contributed by atoms with Gasteiger partial charge in [-0.15, -0.1) is 14.1 Å². The third-order valence-electron chi connectivity index (χ3n) is 6.95. The van der Waals surface area contributed by atoms with Crippen LogP contribution in [0.25, 0.3) is 10.9 Å². The first-order valence-electron chi connectivity index (χ1n) is 12.7. The summed E-state index contributed by atoms with van der Waals surface area (Å²) in [6.07, 6.45) is 2.39. The van der Waals surface area contributed by atoms with E-state index in [2.05, 4.69) is 30.1 Å². The number of fused-ring (bicyclic) bond motifs is 1. The summed E-state index contributed by atoms with van der Waals surface area (Å²) in [5.41, 5.74) is 7.59. The lowest BCUT2D eigenvalue weighted by Crippen LogP contribution is -2.44. The number of nitrogens with zero attached hydrogens (tertiary/aromatic N) is 2. The number of ether oxygens (including phenoxy) is 2. The molecule has 0 radical (unpaired) electrons. The molecule has 2 aromatic carbocycles. The Labute approximate surface area is 223 Å². The van der Waals surface area contributed by atoms with Gasteiger partial charge in [0.15, 0.2) is 6.10 Å². The van der Waals surface area contributed by atoms with Gasteiger partial charge in [-0.2, -0.15) is 24.7 Å². The number of benzene rings is 2. The maximum atomic E-state index is 13.6. The van der Waals surface area contributed by atoms with Crippen molar-refractivity contribution < 1.29 is 18.7 Å². The normalized spacial score (nSPS) is 16.7. The first-order valence-corrected chi connectivity index (χ1v) is 16.8. The Morgan fingerprint density at radius 2 is 1.95 bits per heavy atom. The molecule has 37 heavy (non-hydrogen) atoms. The van der Waals surface area contributed by atoms with E-state index < -0.39 is 20.1 Å². The molecule has 4 rings (SSSR count). The first kappa shape index (κ1) is 27.7. The van der Waals surface area contributed by atoms with Gasteiger partial charge in [-0.1, -0.05) is 23.7 Å². The molecule has 10 heteroatoms. The van der Waals surface area contributed by atoms with E-state index >= 15 is 0 Å². The Morgan fingerprint density at radius 1 is 1.24 bits per heavy atom. The number of hydrogen-bond donors (Lipinski definition) is 2. The van der Waals surface area contributed by atoms with Gasteiger partial charge in [0, 0.05) is 34.2 Å². The number of hydrogen-bond acceptors (Lipinski definition) is 5. The predicted molar refractivity (Wildman–Crippen MR) is 147 cm³/mol. The minimum absolute atomic E-state index is 0.252. The van der Waals surface area contributed by atoms with Crippen LogP contribution in [0.3, 0.4) is 0 Å². The fourth-order valence-corrected chi connectivity index (χ4v) is 5.76. The summed E-state index contributed by atoms with van der Waals surface area (Å²) in [5, 5.41) is 9.28. The van der Waals surface area contributed by atoms with Crippen molar-refractivity contribution in [1.82, 2.24) is 15.1 Å². The number of piperidine rings is 1. The number of nitrogens with two attached hydrogens (primary N) is 1. The molecule has 1 aromatic heterocycles. The van der Waals surface area contributed by atoms with Crippen LogP contribution in [0.1, 0.15) is 30.1 Å². The van der Waals surface area contributed by atoms with E-state index in [1.54, 1.807) is 28.9 Å². The van der Waals surface area contributed by atoms with Crippen LogP contribution in [0.2, 0.25) is 30.7 Å². The molecule has 0 bridgehead atoms. The summed E-state index contributed by atoms with van der Waals surface area (Å²) in [5.74, 6) is -0.905. The molecule has 1 fully saturated rings. The minimum Gasteiger partial charge on any atom is -0.367 e. The molecule has 3 aromatic rings. The SMILES string of the molecule is C[Si-](C)(C)CCOCn1cc2cc(Cl)cc(C(OCC3(c4ccc(F)cc4)CCNCC3)C(N)=O)c2n1. The zero-order valence-electron chi connectivity index (χ0n) is 21.7. The number of amides is 1. The fraction of sp³-hybridized carbons (Fsp3) is 0.481. The lowest BCUT2D eigenvalue weighted by atomic mass is 9.74. The topological polar surface area (TPSA) is 91.4 Å². The van der Waals surface area contributed by atoms with E-state index in [0.717, 1.165) is 42.9 Å². The molecular formula is C27H36ClFN4O3Si-. The standard InChI is InChI=1S/C27H36ClFN4O3Si/c1-37(2,3)13-12-35-18-33-16-19-14-21(28)15-23(24(19)32-33)25(26(30)34)36-17-27(8-10-31-11-9-27)20-4-6-22(29)7-5-20/h4-7,14-16,25,31H,8-13,17-18H2,1-3H3,(H2,30,34)/q-1. The number of aromatic nitrogens is 2. The largest absolute Gasteiger partial charge is 0.367 e. The van der Waals surface area contributed by atoms with Gasteiger partial charge in [0.25, 0.3) is 5.91 Å². The van der Waals surface area contributed by atoms with Crippen molar-refractivity contribution in [2.45, 2.75) is 56.8 Å². The second-order valence-corrected chi connectivity index (χ2v) is 17.1. The Balaban J connectivity index is 1.58. The Bertz CT molecular complexity index is 1220. The highest BCUT2D eigenvalue weighted by atomic mass is 35.5. The van der Waals surface area contributed by atoms with E-state index in [4.69, 9.17) is 26.8 Å². The number of primary amides is 1. The van der Waals surface area contributed by atoms with Crippen LogP contribution < -0.4 is 11.1 Å². The smallest absolute Gasteiger partial charge is 0.251 e. The summed E-state index contributed by atoms with van der Waals surface area (Å²) in [6.45, 7) is 9.74. The van der Waals surface area contributed by atoms with E-state index in [0.29, 0.717) is 29.4 Å². The molecule has 201 valence electrons. The summed E-state index contributed by atoms with van der Waals surface area (Å²) in [7, 11) is -1.19. The van der Waals surface area contributed by atoms with Gasteiger partial charge < -0.3 is 20.5 Å². The van der Waals surface area contributed by atoms with Crippen molar-refractivity contribution in [3.63, 3.8) is 0 Å². The second kappa shape index (κ2) is 11.6. The molecular weight excluding hydrogens is 511 g/mol. The number of carbonyl (C=O) groups excluding carboxylic acids is 1. The third-order valence-corrected chi connectivity index (χ3v) is 8.88. The summed E-state index contributed by atoms with van der Waals surface area (Å²) < 4.78 is 27.5. The van der Waals surface area contributed by atoms with Crippen molar-refractivity contribution in [3.05, 3.63) is 64.6 Å². The quantitative estimate of drug-likeness (QED) is 0.261. The molecule has 0 spiro atoms. The molecule has 3 N–H and O–H groups in total. The van der Waals surface area contributed by atoms with Crippen molar-refractivity contribution in [3.8, 4) is 0 Å². The number of nitrogens with one attached hydrogen (secondary N) is 1. The van der Waals surface area contributed by atoms with Gasteiger partial charge in [-0.3, -0.25) is 4.79 Å². The number of halogens is 2. The summed E-state index contributed by atoms with van der Waals surface area (Å²) >= 11 is 6.43. The van der Waals surface area contributed by atoms with Gasteiger partial charge in [0.05, 0.1) is 12.1 Å². The zero-order valence-corrected chi connectivity index (χ0v) is 23.5. The van der Waals surface area contributed by atoms with Crippen LogP contribution in [0.15, 0.2) is 42.6 Å². The molecule has 1 aliphatic rings. The molecule has 0 aliphatic carbocycles. The first-order chi connectivity index (χ1) is 17.6. The van der Waals surface area contributed by atoms with E-state index in [-0.39, 0.29) is 17.8 Å². The molecule has 0 saturated carbocycles. The Hall–Kier alpha value is -2.30. The fourth-order valence-electron chi connectivity index (χ4n) is 4.77. The molecule has 1 unspecified atom stereocenters. The number of rotatable bonds is 11. The average molecular weight is 547 g/mol. The molecule has 1 saturated heterocycles. The van der Waals surface area contributed by atoms with Crippen molar-refractivity contribution in [2.75, 3.05) is 26.3 Å². The van der Waals surface area contributed by atoms with E-state index in [1.807, 2.05) is 6.20 Å². The Kier molecular flexibility index (Phi) is 8.70. The van der Waals surface area contributed by atoms with Gasteiger partial charge in [-0.05, 0) is 55.8 Å². The van der Waals surface area contributed by atoms with Gasteiger partial charge >= 0.3 is 0 Å².